The first-order chi connectivity index (χ1) is 7.36. The molecule has 0 radical (unpaired) electrons. The van der Waals surface area contributed by atoms with Crippen LogP contribution in [0.2, 0.25) is 0 Å². The molecule has 2 aliphatic rings. The van der Waals surface area contributed by atoms with Crippen molar-refractivity contribution < 1.29 is 9.68 Å². The van der Waals surface area contributed by atoms with Crippen molar-refractivity contribution >= 4 is 12.6 Å². The van der Waals surface area contributed by atoms with E-state index in [1.165, 1.54) is 12.8 Å². The maximum atomic E-state index is 9.76. The minimum atomic E-state index is -0.744. The Hall–Kier alpha value is -0.835. The first-order valence-corrected chi connectivity index (χ1v) is 5.52. The predicted octanol–water partition coefficient (Wildman–Crippen LogP) is 0.499. The minimum Gasteiger partial charge on any atom is -0.423 e. The number of likely N-dealkylation sites (tertiary alicyclic amines) is 1. The first-order valence-electron chi connectivity index (χ1n) is 5.52. The lowest BCUT2D eigenvalue weighted by Crippen LogP contribution is -2.29. The standard InChI is InChI=1S/C11H14BNO2/c14-12-10-6-2-1-5-9(10)11(15-12)13-7-3-4-8-13/h1-2,5-6,11,14H,3-4,7-8H2. The Morgan fingerprint density at radius 3 is 2.80 bits per heavy atom. The van der Waals surface area contributed by atoms with Gasteiger partial charge in [0, 0.05) is 13.1 Å². The van der Waals surface area contributed by atoms with Crippen LogP contribution in [0.3, 0.4) is 0 Å². The van der Waals surface area contributed by atoms with Crippen molar-refractivity contribution in [1.29, 1.82) is 0 Å². The summed E-state index contributed by atoms with van der Waals surface area (Å²) in [5, 5.41) is 9.76. The van der Waals surface area contributed by atoms with Gasteiger partial charge in [0.05, 0.1) is 0 Å². The molecule has 78 valence electrons. The lowest BCUT2D eigenvalue weighted by molar-refractivity contribution is 0.0382. The van der Waals surface area contributed by atoms with Crippen molar-refractivity contribution in [1.82, 2.24) is 4.90 Å². The van der Waals surface area contributed by atoms with Gasteiger partial charge in [-0.1, -0.05) is 24.3 Å². The molecule has 2 heterocycles. The van der Waals surface area contributed by atoms with E-state index in [0.717, 1.165) is 24.1 Å². The van der Waals surface area contributed by atoms with E-state index >= 15 is 0 Å². The van der Waals surface area contributed by atoms with Crippen molar-refractivity contribution in [2.45, 2.75) is 19.1 Å². The second-order valence-corrected chi connectivity index (χ2v) is 4.21. The van der Waals surface area contributed by atoms with Gasteiger partial charge in [0.15, 0.2) is 0 Å². The van der Waals surface area contributed by atoms with Gasteiger partial charge in [-0.05, 0) is 23.9 Å². The molecule has 3 nitrogen and oxygen atoms in total. The molecule has 4 heteroatoms. The third-order valence-electron chi connectivity index (χ3n) is 3.26. The van der Waals surface area contributed by atoms with Crippen LogP contribution in [0, 0.1) is 0 Å². The van der Waals surface area contributed by atoms with E-state index in [1.54, 1.807) is 0 Å². The van der Waals surface area contributed by atoms with Crippen LogP contribution in [-0.4, -0.2) is 30.1 Å². The Morgan fingerprint density at radius 2 is 2.00 bits per heavy atom. The molecule has 0 saturated carbocycles. The summed E-state index contributed by atoms with van der Waals surface area (Å²) >= 11 is 0. The molecule has 0 amide bonds. The van der Waals surface area contributed by atoms with Gasteiger partial charge in [0.25, 0.3) is 0 Å². The van der Waals surface area contributed by atoms with Gasteiger partial charge >= 0.3 is 7.12 Å². The van der Waals surface area contributed by atoms with E-state index in [4.69, 9.17) is 4.65 Å². The third kappa shape index (κ3) is 1.49. The van der Waals surface area contributed by atoms with Crippen LogP contribution in [0.1, 0.15) is 24.6 Å². The van der Waals surface area contributed by atoms with Gasteiger partial charge < -0.3 is 9.68 Å². The maximum absolute atomic E-state index is 9.76. The van der Waals surface area contributed by atoms with Gasteiger partial charge in [-0.2, -0.15) is 0 Å². The van der Waals surface area contributed by atoms with E-state index in [9.17, 15) is 5.02 Å². The van der Waals surface area contributed by atoms with Crippen LogP contribution >= 0.6 is 0 Å². The number of rotatable bonds is 1. The van der Waals surface area contributed by atoms with Crippen LogP contribution in [0.25, 0.3) is 0 Å². The van der Waals surface area contributed by atoms with Crippen LogP contribution in [-0.2, 0) is 4.65 Å². The lowest BCUT2D eigenvalue weighted by atomic mass is 9.79. The Morgan fingerprint density at radius 1 is 1.27 bits per heavy atom. The predicted molar refractivity (Wildman–Crippen MR) is 58.7 cm³/mol. The topological polar surface area (TPSA) is 32.7 Å². The summed E-state index contributed by atoms with van der Waals surface area (Å²) in [5.41, 5.74) is 2.06. The number of benzene rings is 1. The molecule has 3 rings (SSSR count). The van der Waals surface area contributed by atoms with Crippen LogP contribution < -0.4 is 5.46 Å². The van der Waals surface area contributed by atoms with E-state index in [1.807, 2.05) is 18.2 Å². The third-order valence-corrected chi connectivity index (χ3v) is 3.26. The molecule has 1 aromatic rings. The molecule has 2 aliphatic heterocycles. The van der Waals surface area contributed by atoms with Gasteiger partial charge in [-0.3, -0.25) is 4.90 Å². The van der Waals surface area contributed by atoms with Gasteiger partial charge in [0.1, 0.15) is 6.23 Å². The smallest absolute Gasteiger partial charge is 0.423 e. The summed E-state index contributed by atoms with van der Waals surface area (Å²) in [6.07, 6.45) is 2.44. The summed E-state index contributed by atoms with van der Waals surface area (Å²) in [6.45, 7) is 2.15. The largest absolute Gasteiger partial charge is 0.492 e. The lowest BCUT2D eigenvalue weighted by Gasteiger charge is -2.23. The molecule has 1 N–H and O–H groups in total. The molecule has 1 saturated heterocycles. The zero-order valence-electron chi connectivity index (χ0n) is 8.60. The number of hydrogen-bond acceptors (Lipinski definition) is 3. The molecule has 0 bridgehead atoms. The second kappa shape index (κ2) is 3.63. The maximum Gasteiger partial charge on any atom is 0.492 e. The number of fused-ring (bicyclic) bond motifs is 1. The van der Waals surface area contributed by atoms with Gasteiger partial charge in [-0.25, -0.2) is 0 Å². The monoisotopic (exact) mass is 203 g/mol. The molecule has 1 fully saturated rings. The highest BCUT2D eigenvalue weighted by Crippen LogP contribution is 2.29. The summed E-state index contributed by atoms with van der Waals surface area (Å²) < 4.78 is 5.60. The highest BCUT2D eigenvalue weighted by Gasteiger charge is 2.38. The summed E-state index contributed by atoms with van der Waals surface area (Å²) in [7, 11) is -0.744. The van der Waals surface area contributed by atoms with E-state index < -0.39 is 7.12 Å². The quantitative estimate of drug-likeness (QED) is 0.674. The molecule has 0 aliphatic carbocycles. The SMILES string of the molecule is OB1OC(N2CCCC2)c2ccccc21. The van der Waals surface area contributed by atoms with Crippen molar-refractivity contribution in [2.75, 3.05) is 13.1 Å². The average Bonchev–Trinajstić information content (AvgIpc) is 2.87. The first kappa shape index (κ1) is 9.40. The molecule has 1 atom stereocenters. The Kier molecular flexibility index (Phi) is 2.27. The average molecular weight is 203 g/mol. The summed E-state index contributed by atoms with van der Waals surface area (Å²) in [5.74, 6) is 0. The fraction of sp³-hybridized carbons (Fsp3) is 0.455. The van der Waals surface area contributed by atoms with Crippen molar-refractivity contribution in [2.24, 2.45) is 0 Å². The van der Waals surface area contributed by atoms with Crippen molar-refractivity contribution in [3.63, 3.8) is 0 Å². The normalized spacial score (nSPS) is 25.9. The van der Waals surface area contributed by atoms with Gasteiger partial charge in [0.2, 0.25) is 0 Å². The Bertz CT molecular complexity index is 365. The van der Waals surface area contributed by atoms with Crippen molar-refractivity contribution in [3.05, 3.63) is 29.8 Å². The number of nitrogens with zero attached hydrogens (tertiary/aromatic N) is 1. The Labute approximate surface area is 89.8 Å². The number of hydrogen-bond donors (Lipinski definition) is 1. The fourth-order valence-electron chi connectivity index (χ4n) is 2.49. The molecule has 0 spiro atoms. The molecule has 15 heavy (non-hydrogen) atoms. The molecule has 0 aromatic heterocycles. The van der Waals surface area contributed by atoms with E-state index in [0.29, 0.717) is 0 Å². The minimum absolute atomic E-state index is 0.0290. The zero-order valence-corrected chi connectivity index (χ0v) is 8.60. The molecular formula is C11H14BNO2. The van der Waals surface area contributed by atoms with Crippen molar-refractivity contribution in [3.8, 4) is 0 Å². The summed E-state index contributed by atoms with van der Waals surface area (Å²) in [6, 6.07) is 7.94. The van der Waals surface area contributed by atoms with E-state index in [-0.39, 0.29) is 6.23 Å². The Balaban J connectivity index is 1.93. The van der Waals surface area contributed by atoms with Crippen LogP contribution in [0.15, 0.2) is 24.3 Å². The highest BCUT2D eigenvalue weighted by molar-refractivity contribution is 6.61. The molecule has 1 aromatic carbocycles. The molecular weight excluding hydrogens is 189 g/mol. The van der Waals surface area contributed by atoms with E-state index in [2.05, 4.69) is 11.0 Å². The molecule has 1 unspecified atom stereocenters. The van der Waals surface area contributed by atoms with Crippen LogP contribution in [0.4, 0.5) is 0 Å². The van der Waals surface area contributed by atoms with Crippen LogP contribution in [0.5, 0.6) is 0 Å². The summed E-state index contributed by atoms with van der Waals surface area (Å²) in [4.78, 5) is 2.30. The van der Waals surface area contributed by atoms with Gasteiger partial charge in [-0.15, -0.1) is 0 Å². The highest BCUT2D eigenvalue weighted by atomic mass is 16.5. The fourth-order valence-corrected chi connectivity index (χ4v) is 2.49. The second-order valence-electron chi connectivity index (χ2n) is 4.21. The zero-order chi connectivity index (χ0) is 10.3.